The number of aryl methyl sites for hydroxylation is 1. The molecular weight excluding hydrogens is 416 g/mol. The first-order valence-electron chi connectivity index (χ1n) is 11.0. The van der Waals surface area contributed by atoms with Gasteiger partial charge in [0.25, 0.3) is 0 Å². The van der Waals surface area contributed by atoms with Crippen LogP contribution >= 0.6 is 12.2 Å². The zero-order valence-corrected chi connectivity index (χ0v) is 19.6. The molecule has 3 N–H and O–H groups in total. The molecule has 0 amide bonds. The molecule has 168 valence electrons. The SMILES string of the molecule is COc1cc(CCCC(C)(NC(=S)NCCc2ccccc2)c2ccccc2)ccc1O. The minimum absolute atomic E-state index is 0.166. The van der Waals surface area contributed by atoms with Crippen LogP contribution in [0.25, 0.3) is 0 Å². The summed E-state index contributed by atoms with van der Waals surface area (Å²) in [5.41, 5.74) is 3.34. The quantitative estimate of drug-likeness (QED) is 0.365. The van der Waals surface area contributed by atoms with E-state index < -0.39 is 0 Å². The van der Waals surface area contributed by atoms with Gasteiger partial charge < -0.3 is 20.5 Å². The van der Waals surface area contributed by atoms with Crippen LogP contribution in [0, 0.1) is 0 Å². The van der Waals surface area contributed by atoms with Crippen LogP contribution in [0.1, 0.15) is 36.5 Å². The summed E-state index contributed by atoms with van der Waals surface area (Å²) in [5, 5.41) is 17.4. The highest BCUT2D eigenvalue weighted by Crippen LogP contribution is 2.29. The molecule has 4 nitrogen and oxygen atoms in total. The van der Waals surface area contributed by atoms with Gasteiger partial charge in [0.1, 0.15) is 0 Å². The summed E-state index contributed by atoms with van der Waals surface area (Å²) >= 11 is 5.64. The molecule has 0 radical (unpaired) electrons. The summed E-state index contributed by atoms with van der Waals surface area (Å²) in [6, 6.07) is 26.4. The second-order valence-electron chi connectivity index (χ2n) is 8.17. The topological polar surface area (TPSA) is 53.5 Å². The number of hydrogen-bond donors (Lipinski definition) is 3. The van der Waals surface area contributed by atoms with Crippen molar-refractivity contribution in [3.05, 3.63) is 95.6 Å². The third kappa shape index (κ3) is 6.72. The van der Waals surface area contributed by atoms with Crippen molar-refractivity contribution < 1.29 is 9.84 Å². The number of phenols is 1. The van der Waals surface area contributed by atoms with Gasteiger partial charge in [0.05, 0.1) is 12.6 Å². The first-order chi connectivity index (χ1) is 15.5. The van der Waals surface area contributed by atoms with Gasteiger partial charge >= 0.3 is 0 Å². The van der Waals surface area contributed by atoms with Crippen LogP contribution in [0.2, 0.25) is 0 Å². The number of ether oxygens (including phenoxy) is 1. The summed E-state index contributed by atoms with van der Waals surface area (Å²) < 4.78 is 5.24. The highest BCUT2D eigenvalue weighted by atomic mass is 32.1. The average Bonchev–Trinajstić information content (AvgIpc) is 2.81. The van der Waals surface area contributed by atoms with Gasteiger partial charge in [-0.25, -0.2) is 0 Å². The summed E-state index contributed by atoms with van der Waals surface area (Å²) in [6.07, 6.45) is 3.67. The lowest BCUT2D eigenvalue weighted by Crippen LogP contribution is -2.48. The fraction of sp³-hybridized carbons (Fsp3) is 0.296. The molecule has 3 aromatic rings. The molecule has 0 heterocycles. The van der Waals surface area contributed by atoms with Gasteiger partial charge in [-0.1, -0.05) is 66.7 Å². The van der Waals surface area contributed by atoms with Crippen molar-refractivity contribution in [3.63, 3.8) is 0 Å². The van der Waals surface area contributed by atoms with Crippen LogP contribution in [-0.4, -0.2) is 23.9 Å². The molecular formula is C27H32N2O2S. The lowest BCUT2D eigenvalue weighted by atomic mass is 9.86. The third-order valence-corrected chi connectivity index (χ3v) is 5.98. The Hall–Kier alpha value is -3.05. The maximum absolute atomic E-state index is 9.82. The molecule has 0 fully saturated rings. The van der Waals surface area contributed by atoms with Gasteiger partial charge in [0, 0.05) is 6.54 Å². The Labute approximate surface area is 196 Å². The minimum atomic E-state index is -0.293. The van der Waals surface area contributed by atoms with E-state index in [0.29, 0.717) is 10.9 Å². The molecule has 0 aromatic heterocycles. The molecule has 5 heteroatoms. The first-order valence-corrected chi connectivity index (χ1v) is 11.4. The Balaban J connectivity index is 1.60. The second kappa shape index (κ2) is 11.5. The highest BCUT2D eigenvalue weighted by molar-refractivity contribution is 7.80. The maximum Gasteiger partial charge on any atom is 0.166 e. The van der Waals surface area contributed by atoms with Crippen LogP contribution in [0.4, 0.5) is 0 Å². The predicted octanol–water partition coefficient (Wildman–Crippen LogP) is 5.35. The van der Waals surface area contributed by atoms with Gasteiger partial charge in [-0.3, -0.25) is 0 Å². The monoisotopic (exact) mass is 448 g/mol. The van der Waals surface area contributed by atoms with E-state index in [1.54, 1.807) is 13.2 Å². The highest BCUT2D eigenvalue weighted by Gasteiger charge is 2.26. The lowest BCUT2D eigenvalue weighted by molar-refractivity contribution is 0.371. The number of thiocarbonyl (C=S) groups is 1. The maximum atomic E-state index is 9.82. The number of rotatable bonds is 10. The summed E-state index contributed by atoms with van der Waals surface area (Å²) in [4.78, 5) is 0. The number of nitrogens with one attached hydrogen (secondary N) is 2. The van der Waals surface area contributed by atoms with E-state index in [-0.39, 0.29) is 11.3 Å². The Morgan fingerprint density at radius 3 is 2.31 bits per heavy atom. The van der Waals surface area contributed by atoms with Gasteiger partial charge in [0.15, 0.2) is 16.6 Å². The van der Waals surface area contributed by atoms with Crippen LogP contribution < -0.4 is 15.4 Å². The molecule has 1 unspecified atom stereocenters. The summed E-state index contributed by atoms with van der Waals surface area (Å²) in [6.45, 7) is 2.99. The normalized spacial score (nSPS) is 12.6. The van der Waals surface area contributed by atoms with E-state index in [9.17, 15) is 5.11 Å². The number of hydrogen-bond acceptors (Lipinski definition) is 3. The predicted molar refractivity (Wildman–Crippen MR) is 135 cm³/mol. The fourth-order valence-corrected chi connectivity index (χ4v) is 4.20. The molecule has 3 aromatic carbocycles. The van der Waals surface area contributed by atoms with Gasteiger partial charge in [-0.15, -0.1) is 0 Å². The molecule has 0 spiro atoms. The third-order valence-electron chi connectivity index (χ3n) is 5.73. The first kappa shape index (κ1) is 23.6. The molecule has 1 atom stereocenters. The smallest absolute Gasteiger partial charge is 0.166 e. The summed E-state index contributed by atoms with van der Waals surface area (Å²) in [7, 11) is 1.57. The van der Waals surface area contributed by atoms with Crippen molar-refractivity contribution in [1.82, 2.24) is 10.6 Å². The van der Waals surface area contributed by atoms with Crippen molar-refractivity contribution in [2.24, 2.45) is 0 Å². The van der Waals surface area contributed by atoms with E-state index in [1.807, 2.05) is 24.3 Å². The van der Waals surface area contributed by atoms with Gasteiger partial charge in [0.2, 0.25) is 0 Å². The molecule has 32 heavy (non-hydrogen) atoms. The Morgan fingerprint density at radius 2 is 1.62 bits per heavy atom. The van der Waals surface area contributed by atoms with E-state index >= 15 is 0 Å². The molecule has 0 bridgehead atoms. The zero-order chi connectivity index (χ0) is 22.8. The molecule has 0 aliphatic carbocycles. The number of aromatic hydroxyl groups is 1. The van der Waals surface area contributed by atoms with Crippen LogP contribution in [0.5, 0.6) is 11.5 Å². The van der Waals surface area contributed by atoms with Crippen molar-refractivity contribution in [3.8, 4) is 11.5 Å². The van der Waals surface area contributed by atoms with Crippen LogP contribution in [-0.2, 0) is 18.4 Å². The fourth-order valence-electron chi connectivity index (χ4n) is 3.87. The van der Waals surface area contributed by atoms with Crippen LogP contribution in [0.3, 0.4) is 0 Å². The van der Waals surface area contributed by atoms with Gasteiger partial charge in [-0.05, 0) is 73.6 Å². The molecule has 0 aliphatic rings. The van der Waals surface area contributed by atoms with Gasteiger partial charge in [-0.2, -0.15) is 0 Å². The van der Waals surface area contributed by atoms with Crippen molar-refractivity contribution in [1.29, 1.82) is 0 Å². The largest absolute Gasteiger partial charge is 0.504 e. The molecule has 0 saturated heterocycles. The molecule has 0 saturated carbocycles. The van der Waals surface area contributed by atoms with E-state index in [1.165, 1.54) is 11.1 Å². The Morgan fingerprint density at radius 1 is 0.938 bits per heavy atom. The molecule has 3 rings (SSSR count). The average molecular weight is 449 g/mol. The van der Waals surface area contributed by atoms with Crippen LogP contribution in [0.15, 0.2) is 78.9 Å². The minimum Gasteiger partial charge on any atom is -0.504 e. The lowest BCUT2D eigenvalue weighted by Gasteiger charge is -2.33. The van der Waals surface area contributed by atoms with Crippen molar-refractivity contribution >= 4 is 17.3 Å². The van der Waals surface area contributed by atoms with Crippen molar-refractivity contribution in [2.75, 3.05) is 13.7 Å². The number of benzene rings is 3. The number of phenolic OH excluding ortho intramolecular Hbond substituents is 1. The Kier molecular flexibility index (Phi) is 8.51. The number of methoxy groups -OCH3 is 1. The van der Waals surface area contributed by atoms with E-state index in [0.717, 1.165) is 37.8 Å². The molecule has 0 aliphatic heterocycles. The standard InChI is InChI=1S/C27H32N2O2S/c1-27(23-13-7-4-8-14-23,18-9-12-22-15-16-24(30)25(20-22)31-2)29-26(32)28-19-17-21-10-5-3-6-11-21/h3-8,10-11,13-16,20,30H,9,12,17-19H2,1-2H3,(H2,28,29,32). The van der Waals surface area contributed by atoms with E-state index in [4.69, 9.17) is 17.0 Å². The zero-order valence-electron chi connectivity index (χ0n) is 18.8. The Bertz CT molecular complexity index is 995. The summed E-state index contributed by atoms with van der Waals surface area (Å²) in [5.74, 6) is 0.675. The van der Waals surface area contributed by atoms with Crippen molar-refractivity contribution in [2.45, 2.75) is 38.1 Å². The van der Waals surface area contributed by atoms with E-state index in [2.05, 4.69) is 66.1 Å². The second-order valence-corrected chi connectivity index (χ2v) is 8.58.